The van der Waals surface area contributed by atoms with Gasteiger partial charge in [-0.3, -0.25) is 9.69 Å². The minimum atomic E-state index is -0.0330. The first-order valence-corrected chi connectivity index (χ1v) is 11.4. The predicted octanol–water partition coefficient (Wildman–Crippen LogP) is 2.30. The lowest BCUT2D eigenvalue weighted by molar-refractivity contribution is -0.127. The smallest absolute Gasteiger partial charge is 0.219 e. The number of carbonyl (C=O) groups excluding carboxylic acids is 1. The number of carbonyl (C=O) groups is 1. The van der Waals surface area contributed by atoms with E-state index < -0.39 is 0 Å². The Morgan fingerprint density at radius 3 is 2.84 bits per heavy atom. The van der Waals surface area contributed by atoms with Gasteiger partial charge >= 0.3 is 0 Å². The molecule has 2 aromatic rings. The molecule has 1 saturated heterocycles. The zero-order valence-corrected chi connectivity index (χ0v) is 19.2. The van der Waals surface area contributed by atoms with Gasteiger partial charge in [-0.2, -0.15) is 0 Å². The summed E-state index contributed by atoms with van der Waals surface area (Å²) in [6.07, 6.45) is 1.78. The fourth-order valence-corrected chi connectivity index (χ4v) is 4.68. The molecule has 1 fully saturated rings. The highest BCUT2D eigenvalue weighted by Gasteiger charge is 2.30. The van der Waals surface area contributed by atoms with Crippen LogP contribution in [0.1, 0.15) is 54.4 Å². The van der Waals surface area contributed by atoms with Crippen molar-refractivity contribution < 1.29 is 14.6 Å². The van der Waals surface area contributed by atoms with Crippen molar-refractivity contribution in [3.05, 3.63) is 46.4 Å². The first-order chi connectivity index (χ1) is 15.5. The summed E-state index contributed by atoms with van der Waals surface area (Å²) >= 11 is 0. The minimum absolute atomic E-state index is 0.0330. The number of hydrogen-bond acceptors (Lipinski definition) is 7. The summed E-state index contributed by atoms with van der Waals surface area (Å²) in [6, 6.07) is 6.04. The van der Waals surface area contributed by atoms with Crippen LogP contribution < -0.4 is 10.1 Å². The van der Waals surface area contributed by atoms with Gasteiger partial charge in [0.2, 0.25) is 5.91 Å². The van der Waals surface area contributed by atoms with Crippen molar-refractivity contribution in [2.24, 2.45) is 0 Å². The summed E-state index contributed by atoms with van der Waals surface area (Å²) in [4.78, 5) is 25.7. The summed E-state index contributed by atoms with van der Waals surface area (Å²) in [5.74, 6) is 2.81. The van der Waals surface area contributed by atoms with Gasteiger partial charge in [0.05, 0.1) is 18.9 Å². The average Bonchev–Trinajstić information content (AvgIpc) is 3.30. The van der Waals surface area contributed by atoms with Crippen LogP contribution in [0.2, 0.25) is 0 Å². The van der Waals surface area contributed by atoms with Crippen LogP contribution in [0.25, 0.3) is 0 Å². The SMILES string of the molecule is CCOc1ccc(CN2CCc3nc([C@H]4CCN(C(C)=O)C4)nc(NC)c3C2)cc1CO. The molecule has 1 aromatic carbocycles. The monoisotopic (exact) mass is 439 g/mol. The largest absolute Gasteiger partial charge is 0.494 e. The molecule has 0 spiro atoms. The lowest BCUT2D eigenvalue weighted by Gasteiger charge is -2.30. The molecule has 1 amide bonds. The summed E-state index contributed by atoms with van der Waals surface area (Å²) in [5.41, 5.74) is 4.23. The molecule has 0 saturated carbocycles. The lowest BCUT2D eigenvalue weighted by atomic mass is 10.0. The molecule has 2 aliphatic heterocycles. The van der Waals surface area contributed by atoms with Crippen molar-refractivity contribution in [2.45, 2.75) is 52.3 Å². The number of nitrogens with zero attached hydrogens (tertiary/aromatic N) is 4. The highest BCUT2D eigenvalue weighted by Crippen LogP contribution is 2.31. The van der Waals surface area contributed by atoms with Crippen LogP contribution in [0.5, 0.6) is 5.75 Å². The number of likely N-dealkylation sites (tertiary alicyclic amines) is 1. The Balaban J connectivity index is 1.50. The highest BCUT2D eigenvalue weighted by atomic mass is 16.5. The molecule has 0 unspecified atom stereocenters. The van der Waals surface area contributed by atoms with E-state index in [1.807, 2.05) is 31.0 Å². The van der Waals surface area contributed by atoms with Gasteiger partial charge in [-0.05, 0) is 31.0 Å². The third-order valence-electron chi connectivity index (χ3n) is 6.39. The second-order valence-electron chi connectivity index (χ2n) is 8.55. The van der Waals surface area contributed by atoms with Gasteiger partial charge in [-0.1, -0.05) is 6.07 Å². The number of ether oxygens (including phenoxy) is 1. The van der Waals surface area contributed by atoms with E-state index in [2.05, 4.69) is 16.3 Å². The fourth-order valence-electron chi connectivity index (χ4n) is 4.68. The first-order valence-electron chi connectivity index (χ1n) is 11.4. The van der Waals surface area contributed by atoms with E-state index in [0.717, 1.165) is 78.8 Å². The zero-order chi connectivity index (χ0) is 22.7. The number of aliphatic hydroxyl groups is 1. The van der Waals surface area contributed by atoms with Crippen LogP contribution in [0.4, 0.5) is 5.82 Å². The average molecular weight is 440 g/mol. The van der Waals surface area contributed by atoms with E-state index in [1.54, 1.807) is 6.92 Å². The van der Waals surface area contributed by atoms with Crippen molar-refractivity contribution in [3.63, 3.8) is 0 Å². The second-order valence-corrected chi connectivity index (χ2v) is 8.55. The van der Waals surface area contributed by atoms with Gasteiger partial charge in [-0.25, -0.2) is 9.97 Å². The number of rotatable bonds is 7. The maximum Gasteiger partial charge on any atom is 0.219 e. The lowest BCUT2D eigenvalue weighted by Crippen LogP contribution is -2.32. The van der Waals surface area contributed by atoms with Gasteiger partial charge in [-0.15, -0.1) is 0 Å². The number of nitrogens with one attached hydrogen (secondary N) is 1. The Morgan fingerprint density at radius 2 is 2.16 bits per heavy atom. The van der Waals surface area contributed by atoms with Crippen LogP contribution in [-0.4, -0.2) is 64.1 Å². The quantitative estimate of drug-likeness (QED) is 0.684. The summed E-state index contributed by atoms with van der Waals surface area (Å²) in [6.45, 7) is 8.08. The molecule has 1 atom stereocenters. The third kappa shape index (κ3) is 4.71. The number of amides is 1. The molecule has 1 aromatic heterocycles. The normalized spacial score (nSPS) is 18.5. The molecule has 0 aliphatic carbocycles. The molecular weight excluding hydrogens is 406 g/mol. The molecule has 3 heterocycles. The molecule has 0 bridgehead atoms. The van der Waals surface area contributed by atoms with E-state index in [1.165, 1.54) is 0 Å². The molecule has 0 radical (unpaired) electrons. The van der Waals surface area contributed by atoms with E-state index >= 15 is 0 Å². The topological polar surface area (TPSA) is 90.8 Å². The Morgan fingerprint density at radius 1 is 1.31 bits per heavy atom. The fraction of sp³-hybridized carbons (Fsp3) is 0.542. The van der Waals surface area contributed by atoms with E-state index in [4.69, 9.17) is 14.7 Å². The highest BCUT2D eigenvalue weighted by molar-refractivity contribution is 5.73. The van der Waals surface area contributed by atoms with Crippen LogP contribution >= 0.6 is 0 Å². The maximum absolute atomic E-state index is 11.7. The molecular formula is C24H33N5O3. The zero-order valence-electron chi connectivity index (χ0n) is 19.2. The van der Waals surface area contributed by atoms with Gasteiger partial charge in [0.1, 0.15) is 17.4 Å². The van der Waals surface area contributed by atoms with Crippen LogP contribution in [0.3, 0.4) is 0 Å². The molecule has 8 heteroatoms. The van der Waals surface area contributed by atoms with E-state index in [0.29, 0.717) is 13.2 Å². The molecule has 4 rings (SSSR count). The van der Waals surface area contributed by atoms with Crippen molar-refractivity contribution in [1.82, 2.24) is 19.8 Å². The molecule has 2 aliphatic rings. The van der Waals surface area contributed by atoms with Crippen molar-refractivity contribution in [2.75, 3.05) is 38.6 Å². The van der Waals surface area contributed by atoms with Gasteiger partial charge < -0.3 is 20.1 Å². The Bertz CT molecular complexity index is 963. The van der Waals surface area contributed by atoms with Crippen molar-refractivity contribution in [1.29, 1.82) is 0 Å². The summed E-state index contributed by atoms with van der Waals surface area (Å²) in [7, 11) is 1.90. The predicted molar refractivity (Wildman–Crippen MR) is 123 cm³/mol. The third-order valence-corrected chi connectivity index (χ3v) is 6.39. The van der Waals surface area contributed by atoms with Crippen LogP contribution in [0, 0.1) is 0 Å². The van der Waals surface area contributed by atoms with Crippen molar-refractivity contribution >= 4 is 11.7 Å². The summed E-state index contributed by atoms with van der Waals surface area (Å²) in [5, 5.41) is 13.0. The van der Waals surface area contributed by atoms with Gasteiger partial charge in [0.25, 0.3) is 0 Å². The summed E-state index contributed by atoms with van der Waals surface area (Å²) < 4.78 is 5.60. The Labute approximate surface area is 189 Å². The van der Waals surface area contributed by atoms with Gasteiger partial charge in [0.15, 0.2) is 0 Å². The Hall–Kier alpha value is -2.71. The number of anilines is 1. The number of hydrogen-bond donors (Lipinski definition) is 2. The Kier molecular flexibility index (Phi) is 6.91. The standard InChI is InChI=1S/C24H33N5O3/c1-4-32-22-6-5-17(11-19(22)15-30)12-28-9-8-21-20(14-28)24(25-3)27-23(26-21)18-7-10-29(13-18)16(2)31/h5-6,11,18,30H,4,7-10,12-15H2,1-3H3,(H,25,26,27)/t18-/m0/s1. The van der Waals surface area contributed by atoms with Crippen LogP contribution in [-0.2, 0) is 30.9 Å². The number of aromatic nitrogens is 2. The van der Waals surface area contributed by atoms with E-state index in [9.17, 15) is 9.90 Å². The first kappa shape index (κ1) is 22.5. The van der Waals surface area contributed by atoms with E-state index in [-0.39, 0.29) is 18.4 Å². The minimum Gasteiger partial charge on any atom is -0.494 e. The maximum atomic E-state index is 11.7. The molecule has 2 N–H and O–H groups in total. The number of aliphatic hydroxyl groups excluding tert-OH is 1. The van der Waals surface area contributed by atoms with Crippen LogP contribution in [0.15, 0.2) is 18.2 Å². The van der Waals surface area contributed by atoms with Gasteiger partial charge in [0, 0.05) is 70.2 Å². The molecule has 172 valence electrons. The second kappa shape index (κ2) is 9.83. The molecule has 32 heavy (non-hydrogen) atoms. The number of fused-ring (bicyclic) bond motifs is 1. The van der Waals surface area contributed by atoms with Crippen molar-refractivity contribution in [3.8, 4) is 5.75 Å². The number of benzene rings is 1. The molecule has 8 nitrogen and oxygen atoms in total.